The number of nitrogens with one attached hydrogen (secondary N) is 2. The van der Waals surface area contributed by atoms with Crippen LogP contribution in [0, 0.1) is 5.92 Å². The van der Waals surface area contributed by atoms with Crippen LogP contribution in [0.25, 0.3) is 0 Å². The second-order valence-corrected chi connectivity index (χ2v) is 4.91. The summed E-state index contributed by atoms with van der Waals surface area (Å²) in [5, 5.41) is 15.2. The van der Waals surface area contributed by atoms with Gasteiger partial charge in [0.05, 0.1) is 6.04 Å². The van der Waals surface area contributed by atoms with Gasteiger partial charge in [-0.1, -0.05) is 19.8 Å². The minimum atomic E-state index is 0.000142. The monoisotopic (exact) mass is 242 g/mol. The zero-order valence-corrected chi connectivity index (χ0v) is 10.9. The highest BCUT2D eigenvalue weighted by Gasteiger charge is 2.20. The summed E-state index contributed by atoms with van der Waals surface area (Å²) in [6, 6.07) is 0.000142. The molecule has 4 nitrogen and oxygen atoms in total. The van der Waals surface area contributed by atoms with E-state index in [4.69, 9.17) is 5.11 Å². The summed E-state index contributed by atoms with van der Waals surface area (Å²) in [6.07, 6.45) is 6.21. The number of carbonyl (C=O) groups excluding carboxylic acids is 1. The Kier molecular flexibility index (Phi) is 7.21. The lowest BCUT2D eigenvalue weighted by atomic mass is 9.99. The summed E-state index contributed by atoms with van der Waals surface area (Å²) in [5.74, 6) is 0.543. The van der Waals surface area contributed by atoms with Crippen LogP contribution in [-0.4, -0.2) is 36.8 Å². The van der Waals surface area contributed by atoms with Gasteiger partial charge in [-0.2, -0.15) is 0 Å². The largest absolute Gasteiger partial charge is 0.396 e. The van der Waals surface area contributed by atoms with Crippen molar-refractivity contribution in [3.05, 3.63) is 0 Å². The van der Waals surface area contributed by atoms with Gasteiger partial charge in [0, 0.05) is 13.2 Å². The third-order valence-corrected chi connectivity index (χ3v) is 3.43. The van der Waals surface area contributed by atoms with E-state index in [0.29, 0.717) is 12.5 Å². The fourth-order valence-corrected chi connectivity index (χ4v) is 2.38. The first kappa shape index (κ1) is 14.5. The number of amides is 1. The van der Waals surface area contributed by atoms with Crippen LogP contribution < -0.4 is 10.6 Å². The summed E-state index contributed by atoms with van der Waals surface area (Å²) >= 11 is 0. The molecule has 0 spiro atoms. The molecule has 1 heterocycles. The molecule has 1 fully saturated rings. The van der Waals surface area contributed by atoms with Gasteiger partial charge in [-0.3, -0.25) is 4.79 Å². The average molecular weight is 242 g/mol. The number of piperidine rings is 1. The van der Waals surface area contributed by atoms with Crippen LogP contribution in [-0.2, 0) is 4.79 Å². The Balaban J connectivity index is 2.24. The second kappa shape index (κ2) is 8.48. The average Bonchev–Trinajstić information content (AvgIpc) is 2.37. The van der Waals surface area contributed by atoms with Crippen molar-refractivity contribution in [3.63, 3.8) is 0 Å². The van der Waals surface area contributed by atoms with E-state index in [-0.39, 0.29) is 18.6 Å². The predicted octanol–water partition coefficient (Wildman–Crippen LogP) is 1.04. The number of rotatable bonds is 7. The molecule has 0 bridgehead atoms. The zero-order chi connectivity index (χ0) is 12.5. The molecule has 0 aromatic carbocycles. The highest BCUT2D eigenvalue weighted by Crippen LogP contribution is 2.10. The van der Waals surface area contributed by atoms with Crippen molar-refractivity contribution in [3.8, 4) is 0 Å². The smallest absolute Gasteiger partial charge is 0.237 e. The molecule has 4 heteroatoms. The molecule has 0 aromatic heterocycles. The highest BCUT2D eigenvalue weighted by molar-refractivity contribution is 5.81. The molecule has 1 saturated heterocycles. The summed E-state index contributed by atoms with van der Waals surface area (Å²) in [6.45, 7) is 4.00. The van der Waals surface area contributed by atoms with Crippen LogP contribution in [0.3, 0.4) is 0 Å². The molecule has 1 rings (SSSR count). The molecular weight excluding hydrogens is 216 g/mol. The fraction of sp³-hybridized carbons (Fsp3) is 0.923. The van der Waals surface area contributed by atoms with Gasteiger partial charge in [-0.05, 0) is 38.1 Å². The standard InChI is InChI=1S/C13H26N2O2/c1-2-5-11(7-9-16)10-15-13(17)12-6-3-4-8-14-12/h11-12,14,16H,2-10H2,1H3,(H,15,17)/t11?,12-/m1/s1. The summed E-state index contributed by atoms with van der Waals surface area (Å²) in [4.78, 5) is 11.9. The van der Waals surface area contributed by atoms with E-state index in [1.165, 1.54) is 6.42 Å². The Morgan fingerprint density at radius 2 is 2.29 bits per heavy atom. The van der Waals surface area contributed by atoms with Gasteiger partial charge in [0.15, 0.2) is 0 Å². The zero-order valence-electron chi connectivity index (χ0n) is 10.9. The van der Waals surface area contributed by atoms with E-state index in [2.05, 4.69) is 17.6 Å². The second-order valence-electron chi connectivity index (χ2n) is 4.91. The number of aliphatic hydroxyl groups is 1. The summed E-state index contributed by atoms with van der Waals surface area (Å²) < 4.78 is 0. The lowest BCUT2D eigenvalue weighted by molar-refractivity contribution is -0.123. The minimum Gasteiger partial charge on any atom is -0.396 e. The van der Waals surface area contributed by atoms with Gasteiger partial charge in [0.1, 0.15) is 0 Å². The quantitative estimate of drug-likeness (QED) is 0.625. The molecule has 3 N–H and O–H groups in total. The highest BCUT2D eigenvalue weighted by atomic mass is 16.3. The van der Waals surface area contributed by atoms with Crippen molar-refractivity contribution >= 4 is 5.91 Å². The lowest BCUT2D eigenvalue weighted by Crippen LogP contribution is -2.47. The number of hydrogen-bond acceptors (Lipinski definition) is 3. The van der Waals surface area contributed by atoms with Gasteiger partial charge < -0.3 is 15.7 Å². The third kappa shape index (κ3) is 5.50. The first-order chi connectivity index (χ1) is 8.27. The van der Waals surface area contributed by atoms with Crippen LogP contribution in [0.15, 0.2) is 0 Å². The van der Waals surface area contributed by atoms with Crippen LogP contribution >= 0.6 is 0 Å². The molecule has 100 valence electrons. The van der Waals surface area contributed by atoms with Crippen LogP contribution in [0.5, 0.6) is 0 Å². The van der Waals surface area contributed by atoms with Gasteiger partial charge >= 0.3 is 0 Å². The Morgan fingerprint density at radius 1 is 1.47 bits per heavy atom. The molecule has 2 atom stereocenters. The van der Waals surface area contributed by atoms with E-state index in [9.17, 15) is 4.79 Å². The molecule has 1 aliphatic rings. The molecule has 1 amide bonds. The van der Waals surface area contributed by atoms with Gasteiger partial charge in [-0.15, -0.1) is 0 Å². The number of hydrogen-bond donors (Lipinski definition) is 3. The molecule has 0 aromatic rings. The first-order valence-corrected chi connectivity index (χ1v) is 6.89. The van der Waals surface area contributed by atoms with E-state index < -0.39 is 0 Å². The topological polar surface area (TPSA) is 61.4 Å². The molecule has 0 radical (unpaired) electrons. The fourth-order valence-electron chi connectivity index (χ4n) is 2.38. The number of carbonyl (C=O) groups is 1. The Labute approximate surface area is 104 Å². The normalized spacial score (nSPS) is 22.1. The number of aliphatic hydroxyl groups excluding tert-OH is 1. The minimum absolute atomic E-state index is 0.000142. The van der Waals surface area contributed by atoms with Crippen LogP contribution in [0.4, 0.5) is 0 Å². The van der Waals surface area contributed by atoms with E-state index in [0.717, 1.165) is 38.6 Å². The SMILES string of the molecule is CCCC(CCO)CNC(=O)[C@H]1CCCCN1. The lowest BCUT2D eigenvalue weighted by Gasteiger charge is -2.24. The van der Waals surface area contributed by atoms with Crippen molar-refractivity contribution in [1.82, 2.24) is 10.6 Å². The summed E-state index contributed by atoms with van der Waals surface area (Å²) in [7, 11) is 0. The van der Waals surface area contributed by atoms with E-state index >= 15 is 0 Å². The third-order valence-electron chi connectivity index (χ3n) is 3.43. The Bertz CT molecular complexity index is 209. The predicted molar refractivity (Wildman–Crippen MR) is 68.8 cm³/mol. The van der Waals surface area contributed by atoms with Gasteiger partial charge in [-0.25, -0.2) is 0 Å². The van der Waals surface area contributed by atoms with Crippen LogP contribution in [0.2, 0.25) is 0 Å². The van der Waals surface area contributed by atoms with E-state index in [1.54, 1.807) is 0 Å². The summed E-state index contributed by atoms with van der Waals surface area (Å²) in [5.41, 5.74) is 0. The molecular formula is C13H26N2O2. The molecule has 1 aliphatic heterocycles. The maximum atomic E-state index is 11.9. The molecule has 17 heavy (non-hydrogen) atoms. The molecule has 0 aliphatic carbocycles. The maximum Gasteiger partial charge on any atom is 0.237 e. The first-order valence-electron chi connectivity index (χ1n) is 6.89. The van der Waals surface area contributed by atoms with E-state index in [1.807, 2.05) is 0 Å². The van der Waals surface area contributed by atoms with Crippen molar-refractivity contribution in [2.75, 3.05) is 19.7 Å². The Morgan fingerprint density at radius 3 is 2.88 bits per heavy atom. The molecule has 1 unspecified atom stereocenters. The van der Waals surface area contributed by atoms with Crippen molar-refractivity contribution in [2.45, 2.75) is 51.5 Å². The Hall–Kier alpha value is -0.610. The van der Waals surface area contributed by atoms with Crippen LogP contribution in [0.1, 0.15) is 45.4 Å². The van der Waals surface area contributed by atoms with Crippen molar-refractivity contribution < 1.29 is 9.90 Å². The van der Waals surface area contributed by atoms with Crippen molar-refractivity contribution in [2.24, 2.45) is 5.92 Å². The van der Waals surface area contributed by atoms with Gasteiger partial charge in [0.25, 0.3) is 0 Å². The molecule has 0 saturated carbocycles. The maximum absolute atomic E-state index is 11.9. The van der Waals surface area contributed by atoms with Gasteiger partial charge in [0.2, 0.25) is 5.91 Å². The van der Waals surface area contributed by atoms with Crippen molar-refractivity contribution in [1.29, 1.82) is 0 Å².